The van der Waals surface area contributed by atoms with E-state index in [0.29, 0.717) is 0 Å². The molecule has 1 spiro atoms. The third kappa shape index (κ3) is 0.978. The van der Waals surface area contributed by atoms with Crippen LogP contribution in [0.1, 0.15) is 13.9 Å². The summed E-state index contributed by atoms with van der Waals surface area (Å²) < 4.78 is 16.1. The van der Waals surface area contributed by atoms with Crippen LogP contribution in [0.15, 0.2) is 53.5 Å². The Labute approximate surface area is 103 Å². The summed E-state index contributed by atoms with van der Waals surface area (Å²) >= 11 is 0. The molecule has 1 unspecified atom stereocenters. The molecular formula is C15H12N2. The van der Waals surface area contributed by atoms with Crippen LogP contribution in [0.5, 0.6) is 0 Å². The van der Waals surface area contributed by atoms with Crippen LogP contribution < -0.4 is 5.32 Å². The zero-order valence-electron chi connectivity index (χ0n) is 11.1. The number of rotatable bonds is 0. The summed E-state index contributed by atoms with van der Waals surface area (Å²) in [6, 6.07) is 16.1. The lowest BCUT2D eigenvalue weighted by Crippen LogP contribution is -2.28. The van der Waals surface area contributed by atoms with Gasteiger partial charge in [0.05, 0.1) is 7.69 Å². The maximum absolute atomic E-state index is 8.32. The Morgan fingerprint density at radius 2 is 1.65 bits per heavy atom. The van der Waals surface area contributed by atoms with E-state index in [1.165, 1.54) is 0 Å². The van der Waals surface area contributed by atoms with Gasteiger partial charge in [-0.3, -0.25) is 4.99 Å². The number of fused-ring (bicyclic) bond motifs is 5. The number of benzene rings is 2. The summed E-state index contributed by atoms with van der Waals surface area (Å²) in [5.74, 6) is 0. The fourth-order valence-corrected chi connectivity index (χ4v) is 2.81. The summed E-state index contributed by atoms with van der Waals surface area (Å²) in [5.41, 5.74) is 3.52. The lowest BCUT2D eigenvalue weighted by atomic mass is 9.89. The molecule has 82 valence electrons. The fraction of sp³-hybridized carbons (Fsp3) is 0.133. The van der Waals surface area contributed by atoms with Gasteiger partial charge in [0.25, 0.3) is 0 Å². The van der Waals surface area contributed by atoms with Crippen molar-refractivity contribution in [1.29, 1.82) is 0 Å². The first kappa shape index (κ1) is 7.28. The Morgan fingerprint density at radius 1 is 1.06 bits per heavy atom. The molecule has 4 rings (SSSR count). The first-order valence-electron chi connectivity index (χ1n) is 6.76. The van der Waals surface area contributed by atoms with Crippen LogP contribution in [0.3, 0.4) is 0 Å². The number of aliphatic imine (C=N–C) groups is 1. The van der Waals surface area contributed by atoms with Crippen molar-refractivity contribution in [2.24, 2.45) is 4.99 Å². The molecule has 0 saturated heterocycles. The van der Waals surface area contributed by atoms with Gasteiger partial charge in [0.1, 0.15) is 6.91 Å². The van der Waals surface area contributed by atoms with Gasteiger partial charge in [-0.25, -0.2) is 0 Å². The highest BCUT2D eigenvalue weighted by molar-refractivity contribution is 5.83. The van der Waals surface area contributed by atoms with Crippen molar-refractivity contribution in [3.63, 3.8) is 0 Å². The normalized spacial score (nSPS) is 24.5. The molecule has 2 nitrogen and oxygen atoms in total. The van der Waals surface area contributed by atoms with Gasteiger partial charge >= 0.3 is 0 Å². The molecule has 2 aromatic rings. The van der Waals surface area contributed by atoms with Crippen molar-refractivity contribution in [2.75, 3.05) is 6.52 Å². The number of hydrogen-bond donors (Lipinski definition) is 1. The second-order valence-corrected chi connectivity index (χ2v) is 4.37. The van der Waals surface area contributed by atoms with Crippen LogP contribution >= 0.6 is 0 Å². The van der Waals surface area contributed by atoms with Gasteiger partial charge in [-0.05, 0) is 22.3 Å². The molecule has 1 aliphatic carbocycles. The van der Waals surface area contributed by atoms with E-state index >= 15 is 0 Å². The van der Waals surface area contributed by atoms with E-state index in [9.17, 15) is 0 Å². The predicted octanol–water partition coefficient (Wildman–Crippen LogP) is 2.54. The smallest absolute Gasteiger partial charge is 0.131 e. The van der Waals surface area contributed by atoms with Crippen molar-refractivity contribution in [3.8, 4) is 11.1 Å². The summed E-state index contributed by atoms with van der Waals surface area (Å²) in [6.45, 7) is -0.648. The molecule has 0 bridgehead atoms. The van der Waals surface area contributed by atoms with Gasteiger partial charge < -0.3 is 5.32 Å². The molecule has 2 heteroatoms. The average molecular weight is 222 g/mol. The molecular weight excluding hydrogens is 208 g/mol. The van der Waals surface area contributed by atoms with Gasteiger partial charge in [0, 0.05) is 6.52 Å². The summed E-state index contributed by atoms with van der Waals surface area (Å²) in [4.78, 5) is 4.47. The molecule has 1 atom stereocenters. The zero-order valence-corrected chi connectivity index (χ0v) is 9.14. The van der Waals surface area contributed by atoms with Gasteiger partial charge in [0.15, 0.2) is 0 Å². The second-order valence-electron chi connectivity index (χ2n) is 4.37. The monoisotopic (exact) mass is 222 g/mol. The van der Waals surface area contributed by atoms with E-state index in [2.05, 4.69) is 22.4 Å². The molecule has 0 saturated carbocycles. The van der Waals surface area contributed by atoms with Crippen molar-refractivity contribution < 1.29 is 2.74 Å². The first-order valence-corrected chi connectivity index (χ1v) is 5.68. The Kier molecular flexibility index (Phi) is 1.27. The van der Waals surface area contributed by atoms with Crippen LogP contribution in [0.25, 0.3) is 11.1 Å². The maximum Gasteiger partial charge on any atom is 0.131 e. The molecule has 2 aromatic carbocycles. The van der Waals surface area contributed by atoms with Gasteiger partial charge in [0.2, 0.25) is 0 Å². The van der Waals surface area contributed by atoms with E-state index in [1.807, 2.05) is 36.4 Å². The molecule has 1 heterocycles. The quantitative estimate of drug-likeness (QED) is 0.727. The largest absolute Gasteiger partial charge is 0.373 e. The fourth-order valence-electron chi connectivity index (χ4n) is 2.81. The Hall–Kier alpha value is -2.09. The zero-order chi connectivity index (χ0) is 13.0. The number of nitrogens with zero attached hydrogens (tertiary/aromatic N) is 1. The highest BCUT2D eigenvalue weighted by Gasteiger charge is 2.44. The predicted molar refractivity (Wildman–Crippen MR) is 69.2 cm³/mol. The Morgan fingerprint density at radius 3 is 2.18 bits per heavy atom. The van der Waals surface area contributed by atoms with Crippen LogP contribution in [0.4, 0.5) is 0 Å². The van der Waals surface area contributed by atoms with Crippen LogP contribution in [0.2, 0.25) is 0 Å². The highest BCUT2D eigenvalue weighted by atomic mass is 15.1. The number of hydrogen-bond acceptors (Lipinski definition) is 2. The van der Waals surface area contributed by atoms with E-state index in [-0.39, 0.29) is 6.31 Å². The molecule has 0 radical (unpaired) electrons. The molecule has 1 aliphatic heterocycles. The summed E-state index contributed by atoms with van der Waals surface area (Å²) in [6.07, 6.45) is 0.0894. The van der Waals surface area contributed by atoms with E-state index < -0.39 is 12.1 Å². The lowest BCUT2D eigenvalue weighted by molar-refractivity contribution is 0.584. The van der Waals surface area contributed by atoms with Crippen LogP contribution in [-0.4, -0.2) is 12.8 Å². The Balaban J connectivity index is 2.13. The van der Waals surface area contributed by atoms with Crippen molar-refractivity contribution >= 4 is 6.31 Å². The minimum absolute atomic E-state index is 0.0894. The number of amidine groups is 1. The topological polar surface area (TPSA) is 24.4 Å². The molecule has 0 fully saturated rings. The molecule has 2 aliphatic rings. The van der Waals surface area contributed by atoms with Crippen molar-refractivity contribution in [2.45, 2.75) is 5.54 Å². The average Bonchev–Trinajstić information content (AvgIpc) is 2.89. The van der Waals surface area contributed by atoms with Gasteiger partial charge in [-0.15, -0.1) is 0 Å². The van der Waals surface area contributed by atoms with E-state index in [4.69, 9.17) is 2.74 Å². The van der Waals surface area contributed by atoms with E-state index in [1.54, 1.807) is 0 Å². The minimum atomic E-state index is -0.760. The lowest BCUT2D eigenvalue weighted by Gasteiger charge is -2.22. The molecule has 17 heavy (non-hydrogen) atoms. The van der Waals surface area contributed by atoms with Gasteiger partial charge in [-0.1, -0.05) is 48.5 Å². The minimum Gasteiger partial charge on any atom is -0.373 e. The van der Waals surface area contributed by atoms with Crippen molar-refractivity contribution in [1.82, 2.24) is 5.32 Å². The van der Waals surface area contributed by atoms with Crippen molar-refractivity contribution in [3.05, 3.63) is 59.7 Å². The number of nitrogens with one attached hydrogen (secondary N) is 1. The van der Waals surface area contributed by atoms with Crippen LogP contribution in [-0.2, 0) is 5.54 Å². The molecule has 1 N–H and O–H groups in total. The van der Waals surface area contributed by atoms with Gasteiger partial charge in [-0.2, -0.15) is 0 Å². The summed E-state index contributed by atoms with van der Waals surface area (Å²) in [7, 11) is 0. The van der Waals surface area contributed by atoms with Crippen LogP contribution in [0, 0.1) is 0 Å². The second kappa shape index (κ2) is 2.98. The third-order valence-electron chi connectivity index (χ3n) is 3.54. The molecule has 0 amide bonds. The molecule has 0 aromatic heterocycles. The first-order chi connectivity index (χ1) is 9.23. The third-order valence-corrected chi connectivity index (χ3v) is 3.54. The SMILES string of the molecule is [2H]C1=NC2(c3ccccc3-c3ccccc32)C([2H])N1. The van der Waals surface area contributed by atoms with E-state index in [0.717, 1.165) is 22.3 Å². The highest BCUT2D eigenvalue weighted by Crippen LogP contribution is 2.49. The standard InChI is InChI=1S/C15H12N2/c1-3-7-13-11(5-1)12-6-2-4-8-14(12)15(13)9-16-10-17-15/h1-8,10H,9H2,(H,16,17)/i9D,10D. The summed E-state index contributed by atoms with van der Waals surface area (Å²) in [5, 5.41) is 2.81. The maximum atomic E-state index is 8.32. The Bertz CT molecular complexity index is 663.